The molecule has 132 valence electrons. The molecule has 0 aromatic heterocycles. The van der Waals surface area contributed by atoms with Gasteiger partial charge in [-0.05, 0) is 47.5 Å². The summed E-state index contributed by atoms with van der Waals surface area (Å²) in [6.07, 6.45) is 0.547. The van der Waals surface area contributed by atoms with E-state index in [1.54, 1.807) is 47.5 Å². The van der Waals surface area contributed by atoms with Crippen LogP contribution >= 0.6 is 0 Å². The minimum atomic E-state index is -0.366. The minimum absolute atomic E-state index is 0.242. The van der Waals surface area contributed by atoms with Crippen molar-refractivity contribution in [3.63, 3.8) is 0 Å². The zero-order valence-electron chi connectivity index (χ0n) is 14.3. The van der Waals surface area contributed by atoms with Gasteiger partial charge in [0, 0.05) is 6.42 Å². The molecule has 0 N–H and O–H groups in total. The Hall–Kier alpha value is -3.52. The second-order valence-corrected chi connectivity index (χ2v) is 6.30. The van der Waals surface area contributed by atoms with Gasteiger partial charge in [-0.15, -0.1) is 0 Å². The second-order valence-electron chi connectivity index (χ2n) is 6.30. The summed E-state index contributed by atoms with van der Waals surface area (Å²) in [6, 6.07) is 21.6. The average molecular weight is 359 g/mol. The van der Waals surface area contributed by atoms with E-state index in [1.165, 1.54) is 18.2 Å². The first kappa shape index (κ1) is 16.9. The quantitative estimate of drug-likeness (QED) is 0.645. The third-order valence-corrected chi connectivity index (χ3v) is 4.61. The van der Waals surface area contributed by atoms with Crippen LogP contribution in [0.1, 0.15) is 29.2 Å². The number of para-hydroxylation sites is 1. The van der Waals surface area contributed by atoms with Crippen molar-refractivity contribution >= 4 is 11.4 Å². The van der Waals surface area contributed by atoms with Crippen LogP contribution in [0.4, 0.5) is 14.5 Å². The first-order chi connectivity index (χ1) is 13.2. The zero-order valence-corrected chi connectivity index (χ0v) is 14.3. The van der Waals surface area contributed by atoms with Gasteiger partial charge in [0.15, 0.2) is 0 Å². The van der Waals surface area contributed by atoms with Gasteiger partial charge < -0.3 is 0 Å². The molecule has 1 unspecified atom stereocenters. The van der Waals surface area contributed by atoms with Crippen molar-refractivity contribution in [1.82, 2.24) is 0 Å². The van der Waals surface area contributed by atoms with E-state index in [0.29, 0.717) is 17.7 Å². The van der Waals surface area contributed by atoms with Crippen LogP contribution in [0.15, 0.2) is 77.9 Å². The lowest BCUT2D eigenvalue weighted by Gasteiger charge is -2.24. The molecule has 0 bridgehead atoms. The molecule has 5 heteroatoms. The highest BCUT2D eigenvalue weighted by Gasteiger charge is 2.31. The highest BCUT2D eigenvalue weighted by atomic mass is 19.1. The maximum Gasteiger partial charge on any atom is 0.148 e. The van der Waals surface area contributed by atoms with Crippen molar-refractivity contribution in [2.75, 3.05) is 5.01 Å². The molecule has 1 heterocycles. The molecular weight excluding hydrogens is 344 g/mol. The van der Waals surface area contributed by atoms with Crippen molar-refractivity contribution in [2.24, 2.45) is 5.10 Å². The lowest BCUT2D eigenvalue weighted by atomic mass is 9.97. The van der Waals surface area contributed by atoms with E-state index >= 15 is 0 Å². The Morgan fingerprint density at radius 3 is 2.30 bits per heavy atom. The largest absolute Gasteiger partial charge is 0.254 e. The van der Waals surface area contributed by atoms with Gasteiger partial charge in [0.2, 0.25) is 0 Å². The fourth-order valence-corrected chi connectivity index (χ4v) is 3.23. The number of rotatable bonds is 3. The molecule has 0 aliphatic carbocycles. The summed E-state index contributed by atoms with van der Waals surface area (Å²) in [4.78, 5) is 0. The molecule has 27 heavy (non-hydrogen) atoms. The van der Waals surface area contributed by atoms with Gasteiger partial charge in [-0.1, -0.05) is 36.4 Å². The number of hydrazone groups is 1. The molecule has 0 saturated carbocycles. The lowest BCUT2D eigenvalue weighted by molar-refractivity contribution is 0.603. The summed E-state index contributed by atoms with van der Waals surface area (Å²) in [6.45, 7) is 0. The Kier molecular flexibility index (Phi) is 4.39. The third kappa shape index (κ3) is 3.30. The number of hydrogen-bond donors (Lipinski definition) is 0. The van der Waals surface area contributed by atoms with E-state index < -0.39 is 0 Å². The predicted molar refractivity (Wildman–Crippen MR) is 100 cm³/mol. The monoisotopic (exact) mass is 359 g/mol. The Morgan fingerprint density at radius 1 is 0.926 bits per heavy atom. The molecule has 1 aliphatic rings. The van der Waals surface area contributed by atoms with Crippen LogP contribution < -0.4 is 5.01 Å². The molecule has 1 aliphatic heterocycles. The molecule has 0 spiro atoms. The molecular formula is C22H15F2N3. The van der Waals surface area contributed by atoms with Gasteiger partial charge in [-0.2, -0.15) is 10.4 Å². The van der Waals surface area contributed by atoms with Gasteiger partial charge in [0.25, 0.3) is 0 Å². The molecule has 3 nitrogen and oxygen atoms in total. The fraction of sp³-hybridized carbons (Fsp3) is 0.0909. The molecule has 3 aromatic rings. The molecule has 0 amide bonds. The SMILES string of the molecule is N#Cc1ccc(C2=NN(c3ccccc3F)C(c3ccc(F)cc3)C2)cc1. The number of anilines is 1. The van der Waals surface area contributed by atoms with E-state index in [0.717, 1.165) is 16.8 Å². The lowest BCUT2D eigenvalue weighted by Crippen LogP contribution is -2.19. The van der Waals surface area contributed by atoms with Crippen LogP contribution in [0.2, 0.25) is 0 Å². The fourth-order valence-electron chi connectivity index (χ4n) is 3.23. The number of halogens is 2. The van der Waals surface area contributed by atoms with Gasteiger partial charge in [-0.3, -0.25) is 5.01 Å². The maximum absolute atomic E-state index is 14.4. The normalized spacial score (nSPS) is 16.1. The summed E-state index contributed by atoms with van der Waals surface area (Å²) in [5.74, 6) is -0.683. The van der Waals surface area contributed by atoms with E-state index in [4.69, 9.17) is 5.26 Å². The maximum atomic E-state index is 14.4. The summed E-state index contributed by atoms with van der Waals surface area (Å²) < 4.78 is 27.8. The Morgan fingerprint density at radius 2 is 1.63 bits per heavy atom. The number of hydrogen-bond acceptors (Lipinski definition) is 3. The Labute approximate surface area is 155 Å². The summed E-state index contributed by atoms with van der Waals surface area (Å²) in [5.41, 5.74) is 3.46. The van der Waals surface area contributed by atoms with Crippen molar-refractivity contribution in [3.05, 3.63) is 101 Å². The van der Waals surface area contributed by atoms with Gasteiger partial charge in [-0.25, -0.2) is 8.78 Å². The van der Waals surface area contributed by atoms with Gasteiger partial charge in [0.1, 0.15) is 11.6 Å². The first-order valence-electron chi connectivity index (χ1n) is 8.53. The molecule has 0 fully saturated rings. The Balaban J connectivity index is 1.76. The Bertz CT molecular complexity index is 1030. The smallest absolute Gasteiger partial charge is 0.148 e. The summed E-state index contributed by atoms with van der Waals surface area (Å²) >= 11 is 0. The van der Waals surface area contributed by atoms with Crippen molar-refractivity contribution in [2.45, 2.75) is 12.5 Å². The van der Waals surface area contributed by atoms with E-state index in [2.05, 4.69) is 11.2 Å². The third-order valence-electron chi connectivity index (χ3n) is 4.61. The standard InChI is InChI=1S/C22H15F2N3/c23-18-11-9-17(10-12-18)22-13-20(16-7-5-15(14-25)6-8-16)26-27(22)21-4-2-1-3-19(21)24/h1-12,22H,13H2. The predicted octanol–water partition coefficient (Wildman–Crippen LogP) is 5.19. The van der Waals surface area contributed by atoms with Crippen LogP contribution in [0.5, 0.6) is 0 Å². The van der Waals surface area contributed by atoms with Crippen molar-refractivity contribution in [1.29, 1.82) is 5.26 Å². The van der Waals surface area contributed by atoms with Crippen LogP contribution in [0, 0.1) is 23.0 Å². The number of nitriles is 1. The van der Waals surface area contributed by atoms with Crippen LogP contribution in [-0.4, -0.2) is 5.71 Å². The van der Waals surface area contributed by atoms with Crippen molar-refractivity contribution < 1.29 is 8.78 Å². The average Bonchev–Trinajstić information content (AvgIpc) is 3.14. The van der Waals surface area contributed by atoms with Crippen LogP contribution in [-0.2, 0) is 0 Å². The van der Waals surface area contributed by atoms with Gasteiger partial charge in [0.05, 0.1) is 29.1 Å². The van der Waals surface area contributed by atoms with E-state index in [9.17, 15) is 8.78 Å². The molecule has 1 atom stereocenters. The minimum Gasteiger partial charge on any atom is -0.254 e. The summed E-state index contributed by atoms with van der Waals surface area (Å²) in [7, 11) is 0. The van der Waals surface area contributed by atoms with E-state index in [1.807, 2.05) is 12.1 Å². The van der Waals surface area contributed by atoms with Gasteiger partial charge >= 0.3 is 0 Å². The number of nitrogens with zero attached hydrogens (tertiary/aromatic N) is 3. The zero-order chi connectivity index (χ0) is 18.8. The first-order valence-corrected chi connectivity index (χ1v) is 8.53. The number of benzene rings is 3. The van der Waals surface area contributed by atoms with Crippen LogP contribution in [0.25, 0.3) is 0 Å². The second kappa shape index (κ2) is 7.00. The van der Waals surface area contributed by atoms with Crippen LogP contribution in [0.3, 0.4) is 0 Å². The molecule has 0 radical (unpaired) electrons. The molecule has 4 rings (SSSR count). The molecule has 3 aromatic carbocycles. The topological polar surface area (TPSA) is 39.4 Å². The molecule has 0 saturated heterocycles. The van der Waals surface area contributed by atoms with E-state index in [-0.39, 0.29) is 17.7 Å². The highest BCUT2D eigenvalue weighted by Crippen LogP contribution is 2.37. The van der Waals surface area contributed by atoms with Crippen molar-refractivity contribution in [3.8, 4) is 6.07 Å². The highest BCUT2D eigenvalue weighted by molar-refractivity contribution is 6.03. The summed E-state index contributed by atoms with van der Waals surface area (Å²) in [5, 5.41) is 15.3.